The molecule has 1 amide bonds. The van der Waals surface area contributed by atoms with E-state index >= 15 is 0 Å². The Hall–Kier alpha value is -2.41. The van der Waals surface area contributed by atoms with Gasteiger partial charge in [0.05, 0.1) is 24.6 Å². The van der Waals surface area contributed by atoms with E-state index in [0.29, 0.717) is 22.6 Å². The molecule has 2 rings (SSSR count). The van der Waals surface area contributed by atoms with E-state index in [2.05, 4.69) is 10.4 Å². The molecule has 7 heteroatoms. The minimum absolute atomic E-state index is 0.186. The number of para-hydroxylation sites is 1. The second kappa shape index (κ2) is 5.70. The monoisotopic (exact) mass is 290 g/mol. The number of thiocarbonyl (C=S) groups is 1. The third-order valence-corrected chi connectivity index (χ3v) is 2.94. The molecule has 0 unspecified atom stereocenters. The Kier molecular flexibility index (Phi) is 3.99. The van der Waals surface area contributed by atoms with Crippen LogP contribution in [-0.2, 0) is 7.05 Å². The van der Waals surface area contributed by atoms with Crippen LogP contribution in [0.25, 0.3) is 0 Å². The molecular formula is C13H14N4O2S. The summed E-state index contributed by atoms with van der Waals surface area (Å²) in [6.07, 6.45) is 3.09. The van der Waals surface area contributed by atoms with Gasteiger partial charge in [0.15, 0.2) is 0 Å². The van der Waals surface area contributed by atoms with Crippen molar-refractivity contribution in [1.82, 2.24) is 9.78 Å². The third kappa shape index (κ3) is 2.77. The summed E-state index contributed by atoms with van der Waals surface area (Å²) in [7, 11) is 3.25. The minimum atomic E-state index is -0.305. The van der Waals surface area contributed by atoms with E-state index in [0.717, 1.165) is 0 Å². The van der Waals surface area contributed by atoms with Crippen molar-refractivity contribution in [2.75, 3.05) is 12.4 Å². The van der Waals surface area contributed by atoms with Crippen molar-refractivity contribution in [3.8, 4) is 5.75 Å². The Morgan fingerprint density at radius 2 is 2.25 bits per heavy atom. The molecule has 1 aromatic carbocycles. The average molecular weight is 290 g/mol. The molecule has 0 atom stereocenters. The van der Waals surface area contributed by atoms with Crippen LogP contribution in [0.4, 0.5) is 5.69 Å². The van der Waals surface area contributed by atoms with E-state index in [1.54, 1.807) is 36.1 Å². The molecule has 0 fully saturated rings. The second-order valence-electron chi connectivity index (χ2n) is 4.10. The number of nitrogens with zero attached hydrogens (tertiary/aromatic N) is 2. The van der Waals surface area contributed by atoms with Gasteiger partial charge in [0, 0.05) is 18.8 Å². The molecule has 3 N–H and O–H groups in total. The number of aryl methyl sites for hydroxylation is 1. The van der Waals surface area contributed by atoms with Gasteiger partial charge in [-0.05, 0) is 12.1 Å². The van der Waals surface area contributed by atoms with Crippen molar-refractivity contribution >= 4 is 28.8 Å². The Morgan fingerprint density at radius 3 is 2.80 bits per heavy atom. The van der Waals surface area contributed by atoms with Crippen LogP contribution in [0.1, 0.15) is 15.9 Å². The highest BCUT2D eigenvalue weighted by Crippen LogP contribution is 2.28. The number of methoxy groups -OCH3 is 1. The first kappa shape index (κ1) is 14.0. The molecule has 20 heavy (non-hydrogen) atoms. The van der Waals surface area contributed by atoms with Gasteiger partial charge >= 0.3 is 0 Å². The van der Waals surface area contributed by atoms with Crippen molar-refractivity contribution in [2.24, 2.45) is 12.8 Å². The first-order valence-corrected chi connectivity index (χ1v) is 6.20. The highest BCUT2D eigenvalue weighted by atomic mass is 32.1. The van der Waals surface area contributed by atoms with Gasteiger partial charge in [-0.25, -0.2) is 0 Å². The van der Waals surface area contributed by atoms with Gasteiger partial charge in [0.1, 0.15) is 10.7 Å². The van der Waals surface area contributed by atoms with Crippen molar-refractivity contribution in [1.29, 1.82) is 0 Å². The SMILES string of the molecule is COc1cccc(C(N)=S)c1NC(=O)c1cnn(C)c1. The molecule has 1 aromatic heterocycles. The lowest BCUT2D eigenvalue weighted by Gasteiger charge is -2.13. The zero-order valence-electron chi connectivity index (χ0n) is 11.1. The molecule has 2 aromatic rings. The molecule has 1 heterocycles. The average Bonchev–Trinajstić information content (AvgIpc) is 2.85. The number of benzene rings is 1. The molecule has 0 saturated carbocycles. The summed E-state index contributed by atoms with van der Waals surface area (Å²) in [4.78, 5) is 12.4. The molecule has 0 spiro atoms. The normalized spacial score (nSPS) is 10.1. The first-order chi connectivity index (χ1) is 9.52. The minimum Gasteiger partial charge on any atom is -0.495 e. The van der Waals surface area contributed by atoms with Crippen molar-refractivity contribution in [3.63, 3.8) is 0 Å². The molecule has 0 aliphatic carbocycles. The number of rotatable bonds is 4. The van der Waals surface area contributed by atoms with Crippen LogP contribution in [0.2, 0.25) is 0 Å². The summed E-state index contributed by atoms with van der Waals surface area (Å²) < 4.78 is 6.77. The van der Waals surface area contributed by atoms with E-state index in [9.17, 15) is 4.79 Å². The summed E-state index contributed by atoms with van der Waals surface area (Å²) >= 11 is 4.99. The highest BCUT2D eigenvalue weighted by Gasteiger charge is 2.16. The van der Waals surface area contributed by atoms with Crippen LogP contribution in [0.5, 0.6) is 5.75 Å². The van der Waals surface area contributed by atoms with Gasteiger partial charge in [-0.3, -0.25) is 9.48 Å². The molecule has 0 aliphatic rings. The highest BCUT2D eigenvalue weighted by molar-refractivity contribution is 7.80. The molecule has 0 aliphatic heterocycles. The van der Waals surface area contributed by atoms with Crippen LogP contribution < -0.4 is 15.8 Å². The second-order valence-corrected chi connectivity index (χ2v) is 4.54. The van der Waals surface area contributed by atoms with Crippen LogP contribution in [0.15, 0.2) is 30.6 Å². The molecule has 6 nitrogen and oxygen atoms in total. The summed E-state index contributed by atoms with van der Waals surface area (Å²) in [5.74, 6) is 0.188. The number of aromatic nitrogens is 2. The Labute approximate surface area is 121 Å². The zero-order chi connectivity index (χ0) is 14.7. The Bertz CT molecular complexity index is 666. The number of amides is 1. The molecule has 0 saturated heterocycles. The summed E-state index contributed by atoms with van der Waals surface area (Å²) in [6, 6.07) is 5.21. The first-order valence-electron chi connectivity index (χ1n) is 5.79. The number of carbonyl (C=O) groups is 1. The van der Waals surface area contributed by atoms with Crippen molar-refractivity contribution < 1.29 is 9.53 Å². The van der Waals surface area contributed by atoms with Crippen molar-refractivity contribution in [3.05, 3.63) is 41.7 Å². The quantitative estimate of drug-likeness (QED) is 0.830. The maximum atomic E-state index is 12.2. The van der Waals surface area contributed by atoms with Crippen LogP contribution in [0, 0.1) is 0 Å². The maximum Gasteiger partial charge on any atom is 0.258 e. The predicted molar refractivity (Wildman–Crippen MR) is 80.0 cm³/mol. The lowest BCUT2D eigenvalue weighted by molar-refractivity contribution is 0.102. The van der Waals surface area contributed by atoms with Crippen molar-refractivity contribution in [2.45, 2.75) is 0 Å². The van der Waals surface area contributed by atoms with Gasteiger partial charge in [-0.15, -0.1) is 0 Å². The van der Waals surface area contributed by atoms with Gasteiger partial charge in [0.25, 0.3) is 5.91 Å². The number of carbonyl (C=O) groups excluding carboxylic acids is 1. The number of anilines is 1. The van der Waals surface area contributed by atoms with Crippen LogP contribution in [0.3, 0.4) is 0 Å². The van der Waals surface area contributed by atoms with E-state index in [4.69, 9.17) is 22.7 Å². The topological polar surface area (TPSA) is 82.2 Å². The van der Waals surface area contributed by atoms with E-state index < -0.39 is 0 Å². The fraction of sp³-hybridized carbons (Fsp3) is 0.154. The molecule has 104 valence electrons. The Balaban J connectivity index is 2.37. The standard InChI is InChI=1S/C13H14N4O2S/c1-17-7-8(6-15-17)13(18)16-11-9(12(14)20)4-3-5-10(11)19-2/h3-7H,1-2H3,(H2,14,20)(H,16,18). The third-order valence-electron chi connectivity index (χ3n) is 2.72. The van der Waals surface area contributed by atoms with Crippen LogP contribution >= 0.6 is 12.2 Å². The van der Waals surface area contributed by atoms with E-state index in [-0.39, 0.29) is 10.9 Å². The fourth-order valence-corrected chi connectivity index (χ4v) is 1.93. The smallest absolute Gasteiger partial charge is 0.258 e. The zero-order valence-corrected chi connectivity index (χ0v) is 11.9. The molecular weight excluding hydrogens is 276 g/mol. The summed E-state index contributed by atoms with van der Waals surface area (Å²) in [5, 5.41) is 6.71. The number of hydrogen-bond acceptors (Lipinski definition) is 4. The summed E-state index contributed by atoms with van der Waals surface area (Å²) in [5.41, 5.74) is 7.11. The molecule has 0 bridgehead atoms. The fourth-order valence-electron chi connectivity index (χ4n) is 1.76. The number of hydrogen-bond donors (Lipinski definition) is 2. The van der Waals surface area contributed by atoms with E-state index in [1.807, 2.05) is 0 Å². The van der Waals surface area contributed by atoms with Gasteiger partial charge < -0.3 is 15.8 Å². The molecule has 0 radical (unpaired) electrons. The number of ether oxygens (including phenoxy) is 1. The predicted octanol–water partition coefficient (Wildman–Crippen LogP) is 1.32. The number of nitrogens with one attached hydrogen (secondary N) is 1. The Morgan fingerprint density at radius 1 is 1.50 bits per heavy atom. The van der Waals surface area contributed by atoms with Gasteiger partial charge in [-0.1, -0.05) is 18.3 Å². The number of nitrogens with two attached hydrogens (primary N) is 1. The lowest BCUT2D eigenvalue weighted by Crippen LogP contribution is -2.18. The summed E-state index contributed by atoms with van der Waals surface area (Å²) in [6.45, 7) is 0. The maximum absolute atomic E-state index is 12.2. The van der Waals surface area contributed by atoms with E-state index in [1.165, 1.54) is 13.3 Å². The van der Waals surface area contributed by atoms with Crippen LogP contribution in [-0.4, -0.2) is 27.8 Å². The lowest BCUT2D eigenvalue weighted by atomic mass is 10.1. The largest absolute Gasteiger partial charge is 0.495 e. The van der Waals surface area contributed by atoms with Gasteiger partial charge in [0.2, 0.25) is 0 Å². The van der Waals surface area contributed by atoms with Gasteiger partial charge in [-0.2, -0.15) is 5.10 Å².